The summed E-state index contributed by atoms with van der Waals surface area (Å²) in [6.07, 6.45) is 0.728. The summed E-state index contributed by atoms with van der Waals surface area (Å²) in [5.41, 5.74) is 1.01. The van der Waals surface area contributed by atoms with Crippen LogP contribution in [-0.4, -0.2) is 26.2 Å². The van der Waals surface area contributed by atoms with Gasteiger partial charge in [-0.15, -0.1) is 11.3 Å². The van der Waals surface area contributed by atoms with Gasteiger partial charge in [-0.1, -0.05) is 37.3 Å². The zero-order valence-electron chi connectivity index (χ0n) is 12.1. The molecule has 0 saturated carbocycles. The fourth-order valence-corrected chi connectivity index (χ4v) is 5.69. The van der Waals surface area contributed by atoms with Gasteiger partial charge in [0, 0.05) is 5.92 Å². The van der Waals surface area contributed by atoms with Gasteiger partial charge in [-0.25, -0.2) is 13.1 Å². The molecule has 120 valence electrons. The maximum absolute atomic E-state index is 12.4. The molecule has 1 heterocycles. The lowest BCUT2D eigenvalue weighted by atomic mass is 9.90. The maximum Gasteiger partial charge on any atom is 0.250 e. The summed E-state index contributed by atoms with van der Waals surface area (Å²) in [4.78, 5) is 0. The number of thiophene rings is 1. The second-order valence-corrected chi connectivity index (χ2v) is 9.30. The second-order valence-electron chi connectivity index (χ2n) is 4.89. The number of sulfonamides is 1. The first-order valence-corrected chi connectivity index (χ1v) is 10.0. The molecule has 0 spiro atoms. The van der Waals surface area contributed by atoms with Crippen molar-refractivity contribution in [3.05, 3.63) is 51.8 Å². The van der Waals surface area contributed by atoms with Gasteiger partial charge >= 0.3 is 0 Å². The third-order valence-electron chi connectivity index (χ3n) is 3.47. The minimum Gasteiger partial charge on any atom is -0.395 e. The van der Waals surface area contributed by atoms with E-state index in [-0.39, 0.29) is 16.7 Å². The van der Waals surface area contributed by atoms with Crippen molar-refractivity contribution in [3.63, 3.8) is 0 Å². The lowest BCUT2D eigenvalue weighted by Crippen LogP contribution is -2.41. The van der Waals surface area contributed by atoms with E-state index in [4.69, 9.17) is 0 Å². The third kappa shape index (κ3) is 4.17. The van der Waals surface area contributed by atoms with Crippen molar-refractivity contribution >= 4 is 37.3 Å². The molecule has 7 heteroatoms. The van der Waals surface area contributed by atoms with Crippen LogP contribution in [0.1, 0.15) is 24.8 Å². The largest absolute Gasteiger partial charge is 0.395 e. The van der Waals surface area contributed by atoms with Gasteiger partial charge in [-0.3, -0.25) is 0 Å². The highest BCUT2D eigenvalue weighted by atomic mass is 79.9. The predicted molar refractivity (Wildman–Crippen MR) is 92.7 cm³/mol. The van der Waals surface area contributed by atoms with Crippen LogP contribution >= 0.6 is 27.3 Å². The molecule has 2 rings (SSSR count). The number of halogens is 1. The summed E-state index contributed by atoms with van der Waals surface area (Å²) < 4.78 is 28.5. The molecule has 0 aliphatic carbocycles. The maximum atomic E-state index is 12.4. The smallest absolute Gasteiger partial charge is 0.250 e. The van der Waals surface area contributed by atoms with Crippen LogP contribution in [0.3, 0.4) is 0 Å². The van der Waals surface area contributed by atoms with Gasteiger partial charge in [-0.2, -0.15) is 0 Å². The van der Waals surface area contributed by atoms with E-state index in [1.165, 1.54) is 0 Å². The van der Waals surface area contributed by atoms with E-state index in [1.54, 1.807) is 12.1 Å². The van der Waals surface area contributed by atoms with E-state index < -0.39 is 16.1 Å². The first-order chi connectivity index (χ1) is 10.5. The quantitative estimate of drug-likeness (QED) is 0.744. The summed E-state index contributed by atoms with van der Waals surface area (Å²) in [7, 11) is -3.64. The van der Waals surface area contributed by atoms with E-state index in [9.17, 15) is 13.5 Å². The number of aliphatic hydroxyl groups excluding tert-OH is 1. The predicted octanol–water partition coefficient (Wildman–Crippen LogP) is 3.34. The minimum absolute atomic E-state index is 0.0793. The summed E-state index contributed by atoms with van der Waals surface area (Å²) in [5.74, 6) is -0.0793. The Balaban J connectivity index is 2.24. The standard InChI is InChI=1S/C15H18BrNO3S2/c1-2-12(11-6-4-3-5-7-11)13(10-18)17-22(19,20)15-9-8-14(16)21-15/h3-9,12-13,17-18H,2,10H2,1H3/t12-,13-/m1/s1. The lowest BCUT2D eigenvalue weighted by Gasteiger charge is -2.25. The van der Waals surface area contributed by atoms with Crippen molar-refractivity contribution < 1.29 is 13.5 Å². The zero-order chi connectivity index (χ0) is 16.2. The third-order valence-corrected chi connectivity index (χ3v) is 7.08. The van der Waals surface area contributed by atoms with Gasteiger partial charge in [0.15, 0.2) is 0 Å². The van der Waals surface area contributed by atoms with E-state index >= 15 is 0 Å². The van der Waals surface area contributed by atoms with Crippen molar-refractivity contribution in [1.82, 2.24) is 4.72 Å². The van der Waals surface area contributed by atoms with E-state index in [0.717, 1.165) is 27.1 Å². The van der Waals surface area contributed by atoms with Crippen molar-refractivity contribution in [1.29, 1.82) is 0 Å². The molecule has 1 aromatic heterocycles. The number of nitrogens with one attached hydrogen (secondary N) is 1. The highest BCUT2D eigenvalue weighted by molar-refractivity contribution is 9.11. The molecule has 0 aliphatic rings. The Hall–Kier alpha value is -0.730. The SMILES string of the molecule is CC[C@H](c1ccccc1)[C@@H](CO)NS(=O)(=O)c1ccc(Br)s1. The van der Waals surface area contributed by atoms with Crippen LogP contribution in [0.25, 0.3) is 0 Å². The normalized spacial score (nSPS) is 14.7. The van der Waals surface area contributed by atoms with Crippen LogP contribution in [0.4, 0.5) is 0 Å². The fraction of sp³-hybridized carbons (Fsp3) is 0.333. The number of aliphatic hydroxyl groups is 1. The first-order valence-electron chi connectivity index (χ1n) is 6.91. The van der Waals surface area contributed by atoms with Crippen molar-refractivity contribution in [2.45, 2.75) is 29.5 Å². The molecule has 0 amide bonds. The van der Waals surface area contributed by atoms with Crippen LogP contribution in [0.2, 0.25) is 0 Å². The van der Waals surface area contributed by atoms with E-state index in [2.05, 4.69) is 20.7 Å². The molecule has 0 bridgehead atoms. The van der Waals surface area contributed by atoms with Crippen LogP contribution < -0.4 is 4.72 Å². The topological polar surface area (TPSA) is 66.4 Å². The van der Waals surface area contributed by atoms with Crippen molar-refractivity contribution in [2.24, 2.45) is 0 Å². The molecule has 0 saturated heterocycles. The Morgan fingerprint density at radius 3 is 2.41 bits per heavy atom. The second kappa shape index (κ2) is 7.70. The Labute approximate surface area is 143 Å². The molecule has 4 nitrogen and oxygen atoms in total. The summed E-state index contributed by atoms with van der Waals surface area (Å²) >= 11 is 4.41. The molecule has 2 aromatic rings. The number of hydrogen-bond acceptors (Lipinski definition) is 4. The molecule has 22 heavy (non-hydrogen) atoms. The van der Waals surface area contributed by atoms with E-state index in [0.29, 0.717) is 0 Å². The van der Waals surface area contributed by atoms with Crippen molar-refractivity contribution in [3.8, 4) is 0 Å². The zero-order valence-corrected chi connectivity index (χ0v) is 15.3. The Bertz CT molecular complexity index is 701. The van der Waals surface area contributed by atoms with Gasteiger partial charge in [0.2, 0.25) is 10.0 Å². The molecule has 1 aromatic carbocycles. The van der Waals surface area contributed by atoms with Gasteiger partial charge in [0.25, 0.3) is 0 Å². The summed E-state index contributed by atoms with van der Waals surface area (Å²) in [6, 6.07) is 12.3. The number of rotatable bonds is 7. The molecular formula is C15H18BrNO3S2. The molecule has 0 aliphatic heterocycles. The fourth-order valence-electron chi connectivity index (χ4n) is 2.40. The number of hydrogen-bond donors (Lipinski definition) is 2. The molecular weight excluding hydrogens is 386 g/mol. The molecule has 2 N–H and O–H groups in total. The Morgan fingerprint density at radius 1 is 1.23 bits per heavy atom. The van der Waals surface area contributed by atoms with Gasteiger partial charge in [0.05, 0.1) is 16.4 Å². The highest BCUT2D eigenvalue weighted by Crippen LogP contribution is 2.28. The molecule has 2 atom stereocenters. The Kier molecular flexibility index (Phi) is 6.17. The minimum atomic E-state index is -3.64. The average molecular weight is 404 g/mol. The average Bonchev–Trinajstić information content (AvgIpc) is 2.95. The van der Waals surface area contributed by atoms with E-state index in [1.807, 2.05) is 37.3 Å². The molecule has 0 radical (unpaired) electrons. The lowest BCUT2D eigenvalue weighted by molar-refractivity contribution is 0.236. The molecule has 0 fully saturated rings. The monoisotopic (exact) mass is 403 g/mol. The van der Waals surface area contributed by atoms with Crippen LogP contribution in [0.5, 0.6) is 0 Å². The Morgan fingerprint density at radius 2 is 1.91 bits per heavy atom. The van der Waals surface area contributed by atoms with Gasteiger partial charge in [-0.05, 0) is 40.0 Å². The number of benzene rings is 1. The summed E-state index contributed by atoms with van der Waals surface area (Å²) in [5, 5.41) is 9.67. The van der Waals surface area contributed by atoms with Crippen LogP contribution in [0.15, 0.2) is 50.5 Å². The first kappa shape index (κ1) is 17.6. The summed E-state index contributed by atoms with van der Waals surface area (Å²) in [6.45, 7) is 1.73. The van der Waals surface area contributed by atoms with Gasteiger partial charge < -0.3 is 5.11 Å². The van der Waals surface area contributed by atoms with Crippen LogP contribution in [0, 0.1) is 0 Å². The van der Waals surface area contributed by atoms with Gasteiger partial charge in [0.1, 0.15) is 4.21 Å². The van der Waals surface area contributed by atoms with Crippen molar-refractivity contribution in [2.75, 3.05) is 6.61 Å². The molecule has 0 unspecified atom stereocenters. The van der Waals surface area contributed by atoms with Crippen LogP contribution in [-0.2, 0) is 10.0 Å². The highest BCUT2D eigenvalue weighted by Gasteiger charge is 2.27.